The van der Waals surface area contributed by atoms with Crippen LogP contribution in [0.15, 0.2) is 24.3 Å². The number of amides is 2. The van der Waals surface area contributed by atoms with E-state index in [1.807, 2.05) is 31.2 Å². The lowest BCUT2D eigenvalue weighted by Crippen LogP contribution is -2.17. The summed E-state index contributed by atoms with van der Waals surface area (Å²) in [7, 11) is 1.57. The largest absolute Gasteiger partial charge is 0.354 e. The lowest BCUT2D eigenvalue weighted by Gasteiger charge is -2.03. The molecule has 21 heavy (non-hydrogen) atoms. The Kier molecular flexibility index (Phi) is 4.70. The number of aromatic nitrogens is 1. The van der Waals surface area contributed by atoms with E-state index in [4.69, 9.17) is 0 Å². The standard InChI is InChI=1S/C15H17N3O2S/c1-9-4-6-11(7-5-9)18-12(19)8-13-17-10(2)14(21-13)15(20)16-3/h4-7H,8H2,1-3H3,(H,16,20)(H,18,19). The summed E-state index contributed by atoms with van der Waals surface area (Å²) in [6, 6.07) is 7.59. The molecule has 0 spiro atoms. The molecule has 2 rings (SSSR count). The van der Waals surface area contributed by atoms with E-state index in [0.717, 1.165) is 11.3 Å². The van der Waals surface area contributed by atoms with Crippen molar-refractivity contribution in [2.24, 2.45) is 0 Å². The molecule has 2 N–H and O–H groups in total. The Morgan fingerprint density at radius 3 is 2.48 bits per heavy atom. The molecule has 0 aliphatic carbocycles. The van der Waals surface area contributed by atoms with Crippen molar-refractivity contribution < 1.29 is 9.59 Å². The molecule has 1 aromatic carbocycles. The number of thiazole rings is 1. The van der Waals surface area contributed by atoms with Crippen LogP contribution in [-0.4, -0.2) is 23.8 Å². The molecule has 0 aliphatic rings. The highest BCUT2D eigenvalue weighted by Crippen LogP contribution is 2.19. The van der Waals surface area contributed by atoms with Crippen LogP contribution in [0.5, 0.6) is 0 Å². The van der Waals surface area contributed by atoms with Gasteiger partial charge in [0, 0.05) is 12.7 Å². The number of carbonyl (C=O) groups excluding carboxylic acids is 2. The van der Waals surface area contributed by atoms with E-state index in [2.05, 4.69) is 15.6 Å². The predicted octanol–water partition coefficient (Wildman–Crippen LogP) is 2.30. The van der Waals surface area contributed by atoms with E-state index < -0.39 is 0 Å². The van der Waals surface area contributed by atoms with Gasteiger partial charge in [-0.3, -0.25) is 9.59 Å². The van der Waals surface area contributed by atoms with Gasteiger partial charge < -0.3 is 10.6 Å². The van der Waals surface area contributed by atoms with Crippen molar-refractivity contribution in [1.82, 2.24) is 10.3 Å². The van der Waals surface area contributed by atoms with E-state index in [0.29, 0.717) is 15.6 Å². The highest BCUT2D eigenvalue weighted by Gasteiger charge is 2.15. The molecule has 2 amide bonds. The fourth-order valence-electron chi connectivity index (χ4n) is 1.83. The Hall–Kier alpha value is -2.21. The highest BCUT2D eigenvalue weighted by atomic mass is 32.1. The molecule has 0 aliphatic heterocycles. The average Bonchev–Trinajstić information content (AvgIpc) is 2.81. The topological polar surface area (TPSA) is 71.1 Å². The molecule has 0 unspecified atom stereocenters. The zero-order valence-corrected chi connectivity index (χ0v) is 13.0. The lowest BCUT2D eigenvalue weighted by molar-refractivity contribution is -0.115. The normalized spacial score (nSPS) is 10.2. The van der Waals surface area contributed by atoms with Crippen LogP contribution in [0.2, 0.25) is 0 Å². The summed E-state index contributed by atoms with van der Waals surface area (Å²) < 4.78 is 0. The first-order valence-electron chi connectivity index (χ1n) is 6.54. The Morgan fingerprint density at radius 1 is 1.19 bits per heavy atom. The minimum Gasteiger partial charge on any atom is -0.354 e. The van der Waals surface area contributed by atoms with Gasteiger partial charge in [0.15, 0.2) is 0 Å². The van der Waals surface area contributed by atoms with Crippen molar-refractivity contribution >= 4 is 28.8 Å². The van der Waals surface area contributed by atoms with Gasteiger partial charge in [0.25, 0.3) is 5.91 Å². The highest BCUT2D eigenvalue weighted by molar-refractivity contribution is 7.13. The molecule has 2 aromatic rings. The number of nitrogens with zero attached hydrogens (tertiary/aromatic N) is 1. The molecule has 1 aromatic heterocycles. The Bertz CT molecular complexity index is 662. The number of benzene rings is 1. The van der Waals surface area contributed by atoms with Crippen molar-refractivity contribution in [1.29, 1.82) is 0 Å². The quantitative estimate of drug-likeness (QED) is 0.910. The zero-order valence-electron chi connectivity index (χ0n) is 12.2. The van der Waals surface area contributed by atoms with Crippen LogP contribution in [0.3, 0.4) is 0 Å². The summed E-state index contributed by atoms with van der Waals surface area (Å²) in [5.41, 5.74) is 2.54. The summed E-state index contributed by atoms with van der Waals surface area (Å²) in [5.74, 6) is -0.314. The second-order valence-electron chi connectivity index (χ2n) is 4.69. The molecule has 0 radical (unpaired) electrons. The van der Waals surface area contributed by atoms with E-state index >= 15 is 0 Å². The van der Waals surface area contributed by atoms with Crippen LogP contribution >= 0.6 is 11.3 Å². The third-order valence-corrected chi connectivity index (χ3v) is 4.08. The number of rotatable bonds is 4. The van der Waals surface area contributed by atoms with Crippen LogP contribution in [0, 0.1) is 13.8 Å². The maximum absolute atomic E-state index is 12.0. The molecule has 5 nitrogen and oxygen atoms in total. The summed E-state index contributed by atoms with van der Waals surface area (Å²) in [5, 5.41) is 6.02. The third kappa shape index (κ3) is 3.88. The van der Waals surface area contributed by atoms with Crippen molar-refractivity contribution in [3.63, 3.8) is 0 Å². The van der Waals surface area contributed by atoms with Crippen molar-refractivity contribution in [2.75, 3.05) is 12.4 Å². The van der Waals surface area contributed by atoms with E-state index in [9.17, 15) is 9.59 Å². The number of aryl methyl sites for hydroxylation is 2. The van der Waals surface area contributed by atoms with Crippen LogP contribution in [0.4, 0.5) is 5.69 Å². The molecule has 0 fully saturated rings. The Morgan fingerprint density at radius 2 is 1.86 bits per heavy atom. The fourth-order valence-corrected chi connectivity index (χ4v) is 2.84. The second kappa shape index (κ2) is 6.49. The third-order valence-electron chi connectivity index (χ3n) is 2.92. The number of carbonyl (C=O) groups is 2. The average molecular weight is 303 g/mol. The van der Waals surface area contributed by atoms with Gasteiger partial charge in [0.05, 0.1) is 12.1 Å². The van der Waals surface area contributed by atoms with E-state index in [1.165, 1.54) is 11.3 Å². The summed E-state index contributed by atoms with van der Waals surface area (Å²) in [6.07, 6.45) is 0.163. The van der Waals surface area contributed by atoms with Gasteiger partial charge in [-0.05, 0) is 26.0 Å². The van der Waals surface area contributed by atoms with Crippen molar-refractivity contribution in [3.8, 4) is 0 Å². The smallest absolute Gasteiger partial charge is 0.263 e. The first-order chi connectivity index (χ1) is 9.99. The number of anilines is 1. The molecule has 0 saturated carbocycles. The minimum absolute atomic E-state index is 0.143. The summed E-state index contributed by atoms with van der Waals surface area (Å²) in [4.78, 5) is 28.4. The van der Waals surface area contributed by atoms with Gasteiger partial charge in [-0.2, -0.15) is 0 Å². The zero-order chi connectivity index (χ0) is 15.4. The Balaban J connectivity index is 2.03. The van der Waals surface area contributed by atoms with Gasteiger partial charge in [0.1, 0.15) is 9.88 Å². The van der Waals surface area contributed by atoms with Crippen molar-refractivity contribution in [2.45, 2.75) is 20.3 Å². The van der Waals surface area contributed by atoms with E-state index in [1.54, 1.807) is 14.0 Å². The maximum atomic E-state index is 12.0. The predicted molar refractivity (Wildman–Crippen MR) is 83.8 cm³/mol. The number of nitrogens with one attached hydrogen (secondary N) is 2. The lowest BCUT2D eigenvalue weighted by atomic mass is 10.2. The maximum Gasteiger partial charge on any atom is 0.263 e. The first-order valence-corrected chi connectivity index (χ1v) is 7.36. The van der Waals surface area contributed by atoms with Gasteiger partial charge in [-0.15, -0.1) is 11.3 Å². The number of hydrogen-bond donors (Lipinski definition) is 2. The molecule has 0 saturated heterocycles. The SMILES string of the molecule is CNC(=O)c1sc(CC(=O)Nc2ccc(C)cc2)nc1C. The molecule has 6 heteroatoms. The Labute approximate surface area is 127 Å². The van der Waals surface area contributed by atoms with Gasteiger partial charge in [-0.25, -0.2) is 4.98 Å². The van der Waals surface area contributed by atoms with Crippen LogP contribution in [0.1, 0.15) is 25.9 Å². The monoisotopic (exact) mass is 303 g/mol. The molecule has 1 heterocycles. The first kappa shape index (κ1) is 15.2. The molecule has 0 bridgehead atoms. The van der Waals surface area contributed by atoms with Gasteiger partial charge >= 0.3 is 0 Å². The molecular weight excluding hydrogens is 286 g/mol. The van der Waals surface area contributed by atoms with Gasteiger partial charge in [-0.1, -0.05) is 17.7 Å². The van der Waals surface area contributed by atoms with Crippen LogP contribution in [0.25, 0.3) is 0 Å². The van der Waals surface area contributed by atoms with Gasteiger partial charge in [0.2, 0.25) is 5.91 Å². The van der Waals surface area contributed by atoms with Crippen molar-refractivity contribution in [3.05, 3.63) is 45.4 Å². The number of hydrogen-bond acceptors (Lipinski definition) is 4. The summed E-state index contributed by atoms with van der Waals surface area (Å²) >= 11 is 1.25. The minimum atomic E-state index is -0.171. The fraction of sp³-hybridized carbons (Fsp3) is 0.267. The van der Waals surface area contributed by atoms with E-state index in [-0.39, 0.29) is 18.2 Å². The molecule has 110 valence electrons. The second-order valence-corrected chi connectivity index (χ2v) is 5.78. The van der Waals surface area contributed by atoms with Crippen LogP contribution in [-0.2, 0) is 11.2 Å². The molecule has 0 atom stereocenters. The molecular formula is C15H17N3O2S. The summed E-state index contributed by atoms with van der Waals surface area (Å²) in [6.45, 7) is 3.76. The van der Waals surface area contributed by atoms with Crippen LogP contribution < -0.4 is 10.6 Å².